The first kappa shape index (κ1) is 20.3. The Morgan fingerprint density at radius 1 is 1.43 bits per heavy atom. The molecule has 1 aliphatic heterocycles. The van der Waals surface area contributed by atoms with Crippen LogP contribution in [0, 0.1) is 17.7 Å². The minimum absolute atomic E-state index is 0. The van der Waals surface area contributed by atoms with Gasteiger partial charge in [-0.2, -0.15) is 0 Å². The second-order valence-electron chi connectivity index (χ2n) is 6.22. The number of likely N-dealkylation sites (tertiary alicyclic amines) is 1. The van der Waals surface area contributed by atoms with Crippen LogP contribution in [-0.4, -0.2) is 35.7 Å². The van der Waals surface area contributed by atoms with Crippen LogP contribution in [-0.2, 0) is 4.79 Å². The molecule has 2 N–H and O–H groups in total. The molecule has 3 atom stereocenters. The Labute approximate surface area is 148 Å². The van der Waals surface area contributed by atoms with Gasteiger partial charge in [0.2, 0.25) is 5.91 Å². The van der Waals surface area contributed by atoms with Gasteiger partial charge in [0.05, 0.1) is 0 Å². The van der Waals surface area contributed by atoms with Gasteiger partial charge in [0.15, 0.2) is 0 Å². The zero-order chi connectivity index (χ0) is 16.1. The Morgan fingerprint density at radius 2 is 2.09 bits per heavy atom. The van der Waals surface area contributed by atoms with Gasteiger partial charge in [-0.15, -0.1) is 24.2 Å². The Bertz CT molecular complexity index is 500. The second-order valence-corrected chi connectivity index (χ2v) is 7.31. The molecule has 130 valence electrons. The summed E-state index contributed by atoms with van der Waals surface area (Å²) in [6, 6.07) is 6.58. The van der Waals surface area contributed by atoms with Gasteiger partial charge in [-0.25, -0.2) is 4.39 Å². The molecule has 1 saturated heterocycles. The summed E-state index contributed by atoms with van der Waals surface area (Å²) in [5.74, 6) is 1.24. The molecular formula is C17H26ClFN2OS. The number of halogens is 2. The Kier molecular flexibility index (Phi) is 8.37. The van der Waals surface area contributed by atoms with E-state index >= 15 is 0 Å². The molecule has 2 rings (SSSR count). The molecule has 0 saturated carbocycles. The van der Waals surface area contributed by atoms with Crippen molar-refractivity contribution in [1.82, 2.24) is 4.90 Å². The SMILES string of the molecule is CC1CCN(C(=O)C(C)CSc2ccc(F)cc2)C(CN)C1.Cl. The predicted molar refractivity (Wildman–Crippen MR) is 96.5 cm³/mol. The molecule has 1 aromatic rings. The van der Waals surface area contributed by atoms with Crippen molar-refractivity contribution in [3.05, 3.63) is 30.1 Å². The lowest BCUT2D eigenvalue weighted by Crippen LogP contribution is -2.51. The van der Waals surface area contributed by atoms with E-state index in [4.69, 9.17) is 5.73 Å². The highest BCUT2D eigenvalue weighted by atomic mass is 35.5. The van der Waals surface area contributed by atoms with E-state index in [1.54, 1.807) is 23.9 Å². The molecule has 23 heavy (non-hydrogen) atoms. The first-order valence-electron chi connectivity index (χ1n) is 7.90. The van der Waals surface area contributed by atoms with Gasteiger partial charge in [0.1, 0.15) is 5.82 Å². The van der Waals surface area contributed by atoms with Crippen molar-refractivity contribution in [2.24, 2.45) is 17.6 Å². The number of carbonyl (C=O) groups excluding carboxylic acids is 1. The molecule has 0 spiro atoms. The molecule has 1 amide bonds. The third kappa shape index (κ3) is 5.66. The fraction of sp³-hybridized carbons (Fsp3) is 0.588. The molecule has 0 radical (unpaired) electrons. The smallest absolute Gasteiger partial charge is 0.226 e. The minimum Gasteiger partial charge on any atom is -0.338 e. The zero-order valence-corrected chi connectivity index (χ0v) is 15.3. The molecule has 1 heterocycles. The van der Waals surface area contributed by atoms with E-state index in [-0.39, 0.29) is 36.1 Å². The van der Waals surface area contributed by atoms with E-state index in [0.29, 0.717) is 18.2 Å². The van der Waals surface area contributed by atoms with Crippen LogP contribution in [0.2, 0.25) is 0 Å². The Morgan fingerprint density at radius 3 is 2.70 bits per heavy atom. The van der Waals surface area contributed by atoms with Gasteiger partial charge in [-0.3, -0.25) is 4.79 Å². The average molecular weight is 361 g/mol. The lowest BCUT2D eigenvalue weighted by atomic mass is 9.91. The van der Waals surface area contributed by atoms with Crippen LogP contribution >= 0.6 is 24.2 Å². The summed E-state index contributed by atoms with van der Waals surface area (Å²) in [4.78, 5) is 15.6. The van der Waals surface area contributed by atoms with Gasteiger partial charge in [0.25, 0.3) is 0 Å². The number of hydrogen-bond donors (Lipinski definition) is 1. The molecule has 0 aromatic heterocycles. The highest BCUT2D eigenvalue weighted by molar-refractivity contribution is 7.99. The molecular weight excluding hydrogens is 335 g/mol. The quantitative estimate of drug-likeness (QED) is 0.816. The number of hydrogen-bond acceptors (Lipinski definition) is 3. The highest BCUT2D eigenvalue weighted by Crippen LogP contribution is 2.26. The summed E-state index contributed by atoms with van der Waals surface area (Å²) in [6.45, 7) is 5.53. The standard InChI is InChI=1S/C17H25FN2OS.ClH/c1-12-7-8-20(15(9-12)10-19)17(21)13(2)11-22-16-5-3-14(18)4-6-16;/h3-6,12-13,15H,7-11,19H2,1-2H3;1H. The van der Waals surface area contributed by atoms with E-state index < -0.39 is 0 Å². The number of nitrogens with two attached hydrogens (primary N) is 1. The number of piperidine rings is 1. The Hall–Kier alpha value is -0.780. The van der Waals surface area contributed by atoms with Gasteiger partial charge < -0.3 is 10.6 Å². The van der Waals surface area contributed by atoms with Crippen molar-refractivity contribution >= 4 is 30.1 Å². The highest BCUT2D eigenvalue weighted by Gasteiger charge is 2.31. The summed E-state index contributed by atoms with van der Waals surface area (Å²) in [7, 11) is 0. The molecule has 1 aromatic carbocycles. The van der Waals surface area contributed by atoms with Crippen molar-refractivity contribution in [3.63, 3.8) is 0 Å². The summed E-state index contributed by atoms with van der Waals surface area (Å²) >= 11 is 1.59. The lowest BCUT2D eigenvalue weighted by molar-refractivity contribution is -0.138. The van der Waals surface area contributed by atoms with Crippen molar-refractivity contribution < 1.29 is 9.18 Å². The van der Waals surface area contributed by atoms with Crippen LogP contribution in [0.3, 0.4) is 0 Å². The summed E-state index contributed by atoms with van der Waals surface area (Å²) < 4.78 is 12.9. The van der Waals surface area contributed by atoms with Gasteiger partial charge >= 0.3 is 0 Å². The monoisotopic (exact) mass is 360 g/mol. The largest absolute Gasteiger partial charge is 0.338 e. The number of benzene rings is 1. The zero-order valence-electron chi connectivity index (χ0n) is 13.7. The topological polar surface area (TPSA) is 46.3 Å². The minimum atomic E-state index is -0.235. The third-order valence-corrected chi connectivity index (χ3v) is 5.54. The van der Waals surface area contributed by atoms with E-state index in [2.05, 4.69) is 6.92 Å². The fourth-order valence-electron chi connectivity index (χ4n) is 2.87. The fourth-order valence-corrected chi connectivity index (χ4v) is 3.79. The summed E-state index contributed by atoms with van der Waals surface area (Å²) in [6.07, 6.45) is 2.06. The van der Waals surface area contributed by atoms with Crippen LogP contribution in [0.15, 0.2) is 29.2 Å². The summed E-state index contributed by atoms with van der Waals surface area (Å²) in [5, 5.41) is 0. The van der Waals surface area contributed by atoms with Gasteiger partial charge in [0, 0.05) is 35.7 Å². The first-order chi connectivity index (χ1) is 10.5. The maximum atomic E-state index is 12.9. The summed E-state index contributed by atoms with van der Waals surface area (Å²) in [5.41, 5.74) is 5.84. The molecule has 3 nitrogen and oxygen atoms in total. The van der Waals surface area contributed by atoms with Crippen molar-refractivity contribution in [3.8, 4) is 0 Å². The normalized spacial score (nSPS) is 22.3. The Balaban J connectivity index is 0.00000264. The number of nitrogens with zero attached hydrogens (tertiary/aromatic N) is 1. The molecule has 6 heteroatoms. The molecule has 1 fully saturated rings. The molecule has 0 bridgehead atoms. The van der Waals surface area contributed by atoms with Crippen LogP contribution in [0.25, 0.3) is 0 Å². The number of thioether (sulfide) groups is 1. The first-order valence-corrected chi connectivity index (χ1v) is 8.88. The third-order valence-electron chi connectivity index (χ3n) is 4.27. The molecule has 3 unspecified atom stereocenters. The van der Waals surface area contributed by atoms with E-state index in [1.165, 1.54) is 12.1 Å². The number of amides is 1. The van der Waals surface area contributed by atoms with Crippen LogP contribution in [0.5, 0.6) is 0 Å². The van der Waals surface area contributed by atoms with Gasteiger partial charge in [-0.05, 0) is 43.0 Å². The second kappa shape index (κ2) is 9.50. The lowest BCUT2D eigenvalue weighted by Gasteiger charge is -2.39. The van der Waals surface area contributed by atoms with E-state index in [9.17, 15) is 9.18 Å². The van der Waals surface area contributed by atoms with Crippen molar-refractivity contribution in [1.29, 1.82) is 0 Å². The molecule has 1 aliphatic rings. The number of rotatable bonds is 5. The van der Waals surface area contributed by atoms with Crippen molar-refractivity contribution in [2.45, 2.75) is 37.6 Å². The predicted octanol–water partition coefficient (Wildman–Crippen LogP) is 3.56. The van der Waals surface area contributed by atoms with E-state index in [0.717, 1.165) is 24.3 Å². The van der Waals surface area contributed by atoms with Gasteiger partial charge in [-0.1, -0.05) is 13.8 Å². The van der Waals surface area contributed by atoms with E-state index in [1.807, 2.05) is 11.8 Å². The van der Waals surface area contributed by atoms with Crippen molar-refractivity contribution in [2.75, 3.05) is 18.8 Å². The van der Waals surface area contributed by atoms with Crippen LogP contribution < -0.4 is 5.73 Å². The van der Waals surface area contributed by atoms with Crippen LogP contribution in [0.4, 0.5) is 4.39 Å². The van der Waals surface area contributed by atoms with Crippen LogP contribution in [0.1, 0.15) is 26.7 Å². The maximum Gasteiger partial charge on any atom is 0.226 e. The maximum absolute atomic E-state index is 12.9. The average Bonchev–Trinajstić information content (AvgIpc) is 2.53. The molecule has 0 aliphatic carbocycles. The number of carbonyl (C=O) groups is 1.